The molecule has 2 bridgehead atoms. The molecule has 0 spiro atoms. The van der Waals surface area contributed by atoms with Gasteiger partial charge in [-0.3, -0.25) is 24.1 Å². The third kappa shape index (κ3) is 5.46. The van der Waals surface area contributed by atoms with Crippen LogP contribution in [0.15, 0.2) is 81.0 Å². The zero-order chi connectivity index (χ0) is 34.0. The number of anilines is 2. The molecule has 4 aromatic rings. The number of amides is 3. The smallest absolute Gasteiger partial charge is 0.305 e. The van der Waals surface area contributed by atoms with Gasteiger partial charge >= 0.3 is 4.87 Å². The van der Waals surface area contributed by atoms with Crippen molar-refractivity contribution in [2.45, 2.75) is 29.5 Å². The highest BCUT2D eigenvalue weighted by molar-refractivity contribution is 9.10. The third-order valence-corrected chi connectivity index (χ3v) is 13.3. The van der Waals surface area contributed by atoms with Crippen LogP contribution in [-0.2, 0) is 14.4 Å². The van der Waals surface area contributed by atoms with Gasteiger partial charge in [0.15, 0.2) is 18.1 Å². The van der Waals surface area contributed by atoms with Gasteiger partial charge in [-0.25, -0.2) is 0 Å². The number of imide groups is 1. The Morgan fingerprint density at radius 2 is 1.69 bits per heavy atom. The maximum absolute atomic E-state index is 14.1. The monoisotopic (exact) mass is 761 g/mol. The lowest BCUT2D eigenvalue weighted by atomic mass is 9.68. The van der Waals surface area contributed by atoms with Crippen LogP contribution in [0.5, 0.6) is 17.2 Å². The van der Waals surface area contributed by atoms with Crippen LogP contribution < -0.4 is 29.3 Å². The molecule has 49 heavy (non-hydrogen) atoms. The molecule has 4 aliphatic rings. The van der Waals surface area contributed by atoms with Crippen molar-refractivity contribution >= 4 is 68.1 Å². The van der Waals surface area contributed by atoms with E-state index in [1.54, 1.807) is 55.3 Å². The Bertz CT molecular complexity index is 2010. The number of thioether (sulfide) groups is 1. The Morgan fingerprint density at radius 3 is 2.41 bits per heavy atom. The van der Waals surface area contributed by atoms with Crippen molar-refractivity contribution in [2.75, 3.05) is 30.5 Å². The number of H-pyrrole nitrogens is 1. The minimum atomic E-state index is -0.402. The number of fused-ring (bicyclic) bond motifs is 9. The van der Waals surface area contributed by atoms with Gasteiger partial charge in [-0.05, 0) is 97.3 Å². The molecule has 252 valence electrons. The zero-order valence-corrected chi connectivity index (χ0v) is 29.7. The molecule has 3 fully saturated rings. The van der Waals surface area contributed by atoms with Gasteiger partial charge in [0.05, 0.1) is 36.3 Å². The Morgan fingerprint density at radius 1 is 0.959 bits per heavy atom. The van der Waals surface area contributed by atoms with Gasteiger partial charge in [0.1, 0.15) is 5.75 Å². The second-order valence-corrected chi connectivity index (χ2v) is 15.8. The van der Waals surface area contributed by atoms with Crippen LogP contribution >= 0.6 is 39.0 Å². The number of carbonyl (C=O) groups excluding carboxylic acids is 3. The predicted octanol–water partition coefficient (Wildman–Crippen LogP) is 6.30. The molecule has 7 atom stereocenters. The number of benzene rings is 3. The summed E-state index contributed by atoms with van der Waals surface area (Å²) in [5.41, 5.74) is 2.16. The largest absolute Gasteiger partial charge is 0.497 e. The topological polar surface area (TPSA) is 127 Å². The van der Waals surface area contributed by atoms with E-state index in [1.165, 1.54) is 16.2 Å². The van der Waals surface area contributed by atoms with Crippen LogP contribution in [-0.4, -0.2) is 48.3 Å². The minimum Gasteiger partial charge on any atom is -0.497 e. The molecule has 3 heterocycles. The number of methoxy groups -OCH3 is 1. The SMILES string of the molecule is CCOc1cc([C@H]2c3sc(=O)[nH]c3SC3C2[C@H]2C[C@@H]3C3C(=O)N(c4ccc(Br)cc4)C(=O)C32)ccc1OCC(=O)Nc1ccc(OC)cc1. The fraction of sp³-hybridized carbons (Fsp3) is 0.333. The van der Waals surface area contributed by atoms with Gasteiger partial charge < -0.3 is 24.5 Å². The summed E-state index contributed by atoms with van der Waals surface area (Å²) in [6.07, 6.45) is 0.793. The molecule has 4 unspecified atom stereocenters. The molecule has 1 saturated heterocycles. The second-order valence-electron chi connectivity index (χ2n) is 12.7. The molecule has 2 aliphatic carbocycles. The summed E-state index contributed by atoms with van der Waals surface area (Å²) in [6, 6.07) is 20.0. The van der Waals surface area contributed by atoms with E-state index in [0.29, 0.717) is 35.2 Å². The van der Waals surface area contributed by atoms with Crippen molar-refractivity contribution < 1.29 is 28.6 Å². The number of thiazole rings is 1. The van der Waals surface area contributed by atoms with E-state index in [2.05, 4.69) is 26.2 Å². The number of ether oxygens (including phenoxy) is 3. The summed E-state index contributed by atoms with van der Waals surface area (Å²) in [7, 11) is 1.58. The highest BCUT2D eigenvalue weighted by Crippen LogP contribution is 2.68. The van der Waals surface area contributed by atoms with E-state index in [4.69, 9.17) is 14.2 Å². The average molecular weight is 763 g/mol. The van der Waals surface area contributed by atoms with Gasteiger partial charge in [-0.1, -0.05) is 33.3 Å². The molecule has 1 aromatic heterocycles. The molecule has 10 nitrogen and oxygen atoms in total. The van der Waals surface area contributed by atoms with Crippen molar-refractivity contribution in [1.82, 2.24) is 4.98 Å². The van der Waals surface area contributed by atoms with Crippen LogP contribution in [0.25, 0.3) is 0 Å². The van der Waals surface area contributed by atoms with Crippen LogP contribution in [0.1, 0.15) is 29.7 Å². The highest BCUT2D eigenvalue weighted by atomic mass is 79.9. The van der Waals surface area contributed by atoms with Crippen LogP contribution in [0.4, 0.5) is 11.4 Å². The zero-order valence-electron chi connectivity index (χ0n) is 26.5. The number of hydrogen-bond donors (Lipinski definition) is 2. The molecular weight excluding hydrogens is 730 g/mol. The maximum Gasteiger partial charge on any atom is 0.305 e. The van der Waals surface area contributed by atoms with E-state index >= 15 is 0 Å². The summed E-state index contributed by atoms with van der Waals surface area (Å²) in [6.45, 7) is 2.04. The quantitative estimate of drug-likeness (QED) is 0.190. The van der Waals surface area contributed by atoms with E-state index < -0.39 is 5.92 Å². The van der Waals surface area contributed by atoms with Crippen molar-refractivity contribution in [3.63, 3.8) is 0 Å². The third-order valence-electron chi connectivity index (χ3n) is 10.2. The van der Waals surface area contributed by atoms with E-state index in [0.717, 1.165) is 26.4 Å². The number of aromatic amines is 1. The van der Waals surface area contributed by atoms with Gasteiger partial charge in [0.2, 0.25) is 11.8 Å². The molecule has 8 rings (SSSR count). The number of nitrogens with zero attached hydrogens (tertiary/aromatic N) is 1. The van der Waals surface area contributed by atoms with E-state index in [1.807, 2.05) is 37.3 Å². The lowest BCUT2D eigenvalue weighted by Crippen LogP contribution is -2.42. The van der Waals surface area contributed by atoms with Crippen molar-refractivity contribution in [3.8, 4) is 17.2 Å². The summed E-state index contributed by atoms with van der Waals surface area (Å²) < 4.78 is 18.0. The average Bonchev–Trinajstić information content (AvgIpc) is 3.84. The maximum atomic E-state index is 14.1. The predicted molar refractivity (Wildman–Crippen MR) is 190 cm³/mol. The lowest BCUT2D eigenvalue weighted by Gasteiger charge is -2.43. The Balaban J connectivity index is 1.08. The van der Waals surface area contributed by atoms with Crippen LogP contribution in [0.3, 0.4) is 0 Å². The molecule has 3 aromatic carbocycles. The second kappa shape index (κ2) is 12.7. The summed E-state index contributed by atoms with van der Waals surface area (Å²) >= 11 is 6.30. The fourth-order valence-electron chi connectivity index (χ4n) is 8.36. The normalized spacial score (nSPS) is 26.3. The molecule has 0 radical (unpaired) electrons. The molecule has 3 amide bonds. The molecular formula is C36H32BrN3O7S2. The van der Waals surface area contributed by atoms with Gasteiger partial charge in [-0.15, -0.1) is 11.8 Å². The Kier molecular flexibility index (Phi) is 8.32. The standard InChI is InChI=1S/C36H32BrN3O7S2/c1-3-46-25-14-17(4-13-24(25)47-16-26(41)38-19-7-11-21(45-2)12-8-19)27-28-22-15-23(31(28)48-33-32(27)49-36(44)39-33)30-29(22)34(42)40(35(30)43)20-9-5-18(37)6-10-20/h4-14,22-23,27-31H,3,15-16H2,1-2H3,(H,38,41)(H,39,44)/t22-,23-,27-,28?,29?,30?,31?/m1/s1. The van der Waals surface area contributed by atoms with Gasteiger partial charge in [0.25, 0.3) is 5.91 Å². The van der Waals surface area contributed by atoms with Crippen molar-refractivity contribution in [1.29, 1.82) is 0 Å². The van der Waals surface area contributed by atoms with E-state index in [-0.39, 0.29) is 64.0 Å². The molecule has 2 saturated carbocycles. The molecule has 13 heteroatoms. The first-order valence-corrected chi connectivity index (χ1v) is 18.6. The minimum absolute atomic E-state index is 0.0131. The Hall–Kier alpha value is -4.07. The number of hydrogen-bond acceptors (Lipinski definition) is 9. The summed E-state index contributed by atoms with van der Waals surface area (Å²) in [4.78, 5) is 58.7. The van der Waals surface area contributed by atoms with Gasteiger partial charge in [0, 0.05) is 26.2 Å². The Labute approximate surface area is 298 Å². The fourth-order valence-corrected chi connectivity index (χ4v) is 11.5. The number of halogens is 1. The highest BCUT2D eigenvalue weighted by Gasteiger charge is 2.69. The van der Waals surface area contributed by atoms with Crippen molar-refractivity contribution in [3.05, 3.63) is 91.3 Å². The summed E-state index contributed by atoms with van der Waals surface area (Å²) in [5, 5.41) is 3.71. The first-order chi connectivity index (χ1) is 23.7. The first kappa shape index (κ1) is 32.2. The molecule has 2 aliphatic heterocycles. The van der Waals surface area contributed by atoms with Crippen LogP contribution in [0, 0.1) is 29.6 Å². The van der Waals surface area contributed by atoms with E-state index in [9.17, 15) is 19.2 Å². The number of aromatic nitrogens is 1. The number of rotatable bonds is 9. The lowest BCUT2D eigenvalue weighted by molar-refractivity contribution is -0.123. The molecule has 2 N–H and O–H groups in total. The number of carbonyl (C=O) groups is 3. The number of nitrogens with one attached hydrogen (secondary N) is 2. The first-order valence-electron chi connectivity index (χ1n) is 16.1. The van der Waals surface area contributed by atoms with Crippen molar-refractivity contribution in [2.24, 2.45) is 29.6 Å². The summed E-state index contributed by atoms with van der Waals surface area (Å²) in [5.74, 6) is 0.0947. The van der Waals surface area contributed by atoms with Crippen LogP contribution in [0.2, 0.25) is 0 Å². The van der Waals surface area contributed by atoms with Gasteiger partial charge in [-0.2, -0.15) is 0 Å².